The van der Waals surface area contributed by atoms with E-state index < -0.39 is 0 Å². The zero-order chi connectivity index (χ0) is 16.2. The minimum Gasteiger partial charge on any atom is -0.316 e. The fourth-order valence-electron chi connectivity index (χ4n) is 3.37. The molecule has 0 amide bonds. The summed E-state index contributed by atoms with van der Waals surface area (Å²) in [5.41, 5.74) is 3.61. The van der Waals surface area contributed by atoms with Gasteiger partial charge in [-0.05, 0) is 68.9 Å². The Morgan fingerprint density at radius 2 is 1.78 bits per heavy atom. The van der Waals surface area contributed by atoms with E-state index in [1.54, 1.807) is 4.90 Å². The number of nitrogens with one attached hydrogen (secondary N) is 1. The van der Waals surface area contributed by atoms with Crippen LogP contribution >= 0.6 is 12.2 Å². The van der Waals surface area contributed by atoms with Crippen molar-refractivity contribution in [3.05, 3.63) is 40.4 Å². The van der Waals surface area contributed by atoms with Gasteiger partial charge in [0.05, 0.1) is 18.8 Å². The SMILES string of the molecule is Cc1ccc(C)c(-n2cnn(C[NH+]3CCCCCCC3)c2=S)c1. The van der Waals surface area contributed by atoms with Gasteiger partial charge in [0.15, 0.2) is 6.67 Å². The van der Waals surface area contributed by atoms with E-state index in [9.17, 15) is 0 Å². The van der Waals surface area contributed by atoms with E-state index in [0.29, 0.717) is 0 Å². The van der Waals surface area contributed by atoms with E-state index in [2.05, 4.69) is 37.1 Å². The van der Waals surface area contributed by atoms with E-state index >= 15 is 0 Å². The summed E-state index contributed by atoms with van der Waals surface area (Å²) in [5, 5.41) is 4.57. The van der Waals surface area contributed by atoms with Crippen molar-refractivity contribution in [2.75, 3.05) is 13.1 Å². The molecule has 2 aromatic rings. The number of likely N-dealkylation sites (tertiary alicyclic amines) is 1. The van der Waals surface area contributed by atoms with Crippen molar-refractivity contribution in [2.24, 2.45) is 0 Å². The van der Waals surface area contributed by atoms with Gasteiger partial charge >= 0.3 is 0 Å². The summed E-state index contributed by atoms with van der Waals surface area (Å²) in [4.78, 5) is 1.60. The largest absolute Gasteiger partial charge is 0.316 e. The molecule has 0 saturated carbocycles. The second kappa shape index (κ2) is 7.41. The van der Waals surface area contributed by atoms with Gasteiger partial charge in [-0.25, -0.2) is 0 Å². The maximum Gasteiger partial charge on any atom is 0.207 e. The Bertz CT molecular complexity index is 708. The molecule has 23 heavy (non-hydrogen) atoms. The van der Waals surface area contributed by atoms with Crippen LogP contribution in [0, 0.1) is 18.6 Å². The summed E-state index contributed by atoms with van der Waals surface area (Å²) in [6.07, 6.45) is 8.64. The zero-order valence-corrected chi connectivity index (χ0v) is 15.0. The maximum atomic E-state index is 5.69. The Labute approximate surface area is 143 Å². The molecule has 1 aliphatic rings. The van der Waals surface area contributed by atoms with Gasteiger partial charge in [-0.15, -0.1) is 0 Å². The summed E-state index contributed by atoms with van der Waals surface area (Å²) in [5.74, 6) is 0. The second-order valence-electron chi connectivity index (χ2n) is 6.75. The first-order valence-corrected chi connectivity index (χ1v) is 9.11. The Morgan fingerprint density at radius 1 is 1.09 bits per heavy atom. The minimum absolute atomic E-state index is 0.799. The van der Waals surface area contributed by atoms with Crippen LogP contribution in [0.1, 0.15) is 43.2 Å². The van der Waals surface area contributed by atoms with Crippen molar-refractivity contribution in [1.82, 2.24) is 14.3 Å². The summed E-state index contributed by atoms with van der Waals surface area (Å²) < 4.78 is 4.84. The minimum atomic E-state index is 0.799. The number of nitrogens with zero attached hydrogens (tertiary/aromatic N) is 3. The van der Waals surface area contributed by atoms with Crippen molar-refractivity contribution in [1.29, 1.82) is 0 Å². The lowest BCUT2D eigenvalue weighted by molar-refractivity contribution is -0.924. The molecule has 1 aromatic heterocycles. The number of quaternary nitrogens is 1. The van der Waals surface area contributed by atoms with Crippen molar-refractivity contribution in [3.8, 4) is 5.69 Å². The first-order chi connectivity index (χ1) is 11.1. The number of aromatic nitrogens is 3. The van der Waals surface area contributed by atoms with E-state index in [-0.39, 0.29) is 0 Å². The molecular weight excluding hydrogens is 304 g/mol. The third-order valence-corrected chi connectivity index (χ3v) is 5.20. The molecule has 0 bridgehead atoms. The van der Waals surface area contributed by atoms with Crippen LogP contribution in [0.2, 0.25) is 0 Å². The highest BCUT2D eigenvalue weighted by Crippen LogP contribution is 2.16. The van der Waals surface area contributed by atoms with E-state index in [1.807, 2.05) is 15.6 Å². The highest BCUT2D eigenvalue weighted by molar-refractivity contribution is 7.71. The fraction of sp³-hybridized carbons (Fsp3) is 0.556. The lowest BCUT2D eigenvalue weighted by atomic mass is 10.1. The van der Waals surface area contributed by atoms with E-state index in [0.717, 1.165) is 17.1 Å². The average molecular weight is 332 g/mol. The summed E-state index contributed by atoms with van der Waals surface area (Å²) in [6, 6.07) is 6.46. The van der Waals surface area contributed by atoms with E-state index in [1.165, 1.54) is 56.3 Å². The molecule has 3 rings (SSSR count). The van der Waals surface area contributed by atoms with Gasteiger partial charge in [-0.2, -0.15) is 9.78 Å². The smallest absolute Gasteiger partial charge is 0.207 e. The van der Waals surface area contributed by atoms with Gasteiger partial charge in [0.25, 0.3) is 0 Å². The van der Waals surface area contributed by atoms with Crippen LogP contribution in [0.3, 0.4) is 0 Å². The monoisotopic (exact) mass is 331 g/mol. The Morgan fingerprint density at radius 3 is 2.52 bits per heavy atom. The summed E-state index contributed by atoms with van der Waals surface area (Å²) in [7, 11) is 0. The molecule has 0 atom stereocenters. The van der Waals surface area contributed by atoms with Crippen LogP contribution in [0.25, 0.3) is 5.69 Å². The first kappa shape index (κ1) is 16.4. The predicted octanol–water partition coefficient (Wildman–Crippen LogP) is 2.83. The number of rotatable bonds is 3. The van der Waals surface area contributed by atoms with Gasteiger partial charge in [-0.3, -0.25) is 4.57 Å². The zero-order valence-electron chi connectivity index (χ0n) is 14.2. The van der Waals surface area contributed by atoms with Crippen LogP contribution in [0.5, 0.6) is 0 Å². The molecular formula is C18H27N4S+. The van der Waals surface area contributed by atoms with Crippen LogP contribution in [0.4, 0.5) is 0 Å². The molecule has 2 heterocycles. The molecule has 1 aromatic carbocycles. The topological polar surface area (TPSA) is 27.2 Å². The Hall–Kier alpha value is -1.46. The summed E-state index contributed by atoms with van der Waals surface area (Å²) in [6.45, 7) is 7.59. The standard InChI is InChI=1S/C18H26N4S/c1-15-8-9-16(2)17(12-15)21-13-19-22(18(21)23)14-20-10-6-4-3-5-7-11-20/h8-9,12-13H,3-7,10-11,14H2,1-2H3/p+1. The molecule has 1 aliphatic heterocycles. The highest BCUT2D eigenvalue weighted by atomic mass is 32.1. The Kier molecular flexibility index (Phi) is 5.28. The Balaban J connectivity index is 1.81. The quantitative estimate of drug-likeness (QED) is 0.876. The van der Waals surface area contributed by atoms with E-state index in [4.69, 9.17) is 12.2 Å². The molecule has 1 saturated heterocycles. The number of hydrogen-bond donors (Lipinski definition) is 1. The normalized spacial score (nSPS) is 17.0. The number of hydrogen-bond acceptors (Lipinski definition) is 2. The van der Waals surface area contributed by atoms with Gasteiger partial charge in [0, 0.05) is 0 Å². The lowest BCUT2D eigenvalue weighted by Gasteiger charge is -2.21. The van der Waals surface area contributed by atoms with Crippen LogP contribution < -0.4 is 4.90 Å². The summed E-state index contributed by atoms with van der Waals surface area (Å²) >= 11 is 5.69. The average Bonchev–Trinajstić information content (AvgIpc) is 2.85. The number of aryl methyl sites for hydroxylation is 2. The van der Waals surface area contributed by atoms with Crippen molar-refractivity contribution >= 4 is 12.2 Å². The van der Waals surface area contributed by atoms with Crippen LogP contribution in [-0.4, -0.2) is 27.4 Å². The van der Waals surface area contributed by atoms with Gasteiger partial charge in [0.1, 0.15) is 6.33 Å². The van der Waals surface area contributed by atoms with Crippen LogP contribution in [0.15, 0.2) is 24.5 Å². The second-order valence-corrected chi connectivity index (χ2v) is 7.11. The van der Waals surface area contributed by atoms with Gasteiger partial charge in [-0.1, -0.05) is 18.6 Å². The molecule has 0 aliphatic carbocycles. The van der Waals surface area contributed by atoms with Crippen LogP contribution in [-0.2, 0) is 6.67 Å². The lowest BCUT2D eigenvalue weighted by Crippen LogP contribution is -3.11. The van der Waals surface area contributed by atoms with Gasteiger partial charge < -0.3 is 4.90 Å². The maximum absolute atomic E-state index is 5.69. The fourth-order valence-corrected chi connectivity index (χ4v) is 3.62. The molecule has 0 radical (unpaired) electrons. The molecule has 4 nitrogen and oxygen atoms in total. The molecule has 0 unspecified atom stereocenters. The van der Waals surface area contributed by atoms with Gasteiger partial charge in [0.2, 0.25) is 4.77 Å². The molecule has 124 valence electrons. The molecule has 1 fully saturated rings. The van der Waals surface area contributed by atoms with Crippen molar-refractivity contribution in [2.45, 2.75) is 52.6 Å². The van der Waals surface area contributed by atoms with Crippen molar-refractivity contribution < 1.29 is 4.90 Å². The van der Waals surface area contributed by atoms with Crippen molar-refractivity contribution in [3.63, 3.8) is 0 Å². The molecule has 1 N–H and O–H groups in total. The third kappa shape index (κ3) is 3.90. The molecule has 0 spiro atoms. The molecule has 5 heteroatoms. The number of benzene rings is 1. The first-order valence-electron chi connectivity index (χ1n) is 8.71. The highest BCUT2D eigenvalue weighted by Gasteiger charge is 2.14. The predicted molar refractivity (Wildman–Crippen MR) is 95.6 cm³/mol. The third-order valence-electron chi connectivity index (χ3n) is 4.79.